The Kier molecular flexibility index (Phi) is 6.22. The van der Waals surface area contributed by atoms with E-state index in [4.69, 9.17) is 9.47 Å². The summed E-state index contributed by atoms with van der Waals surface area (Å²) in [5.74, 6) is 0.176. The van der Waals surface area contributed by atoms with Crippen molar-refractivity contribution < 1.29 is 22.7 Å². The molecule has 0 atom stereocenters. The first-order valence-corrected chi connectivity index (χ1v) is 11.5. The van der Waals surface area contributed by atoms with Crippen molar-refractivity contribution in [2.24, 2.45) is 0 Å². The molecule has 1 saturated heterocycles. The minimum absolute atomic E-state index is 0.181. The van der Waals surface area contributed by atoms with Gasteiger partial charge in [0.15, 0.2) is 6.61 Å². The lowest BCUT2D eigenvalue weighted by molar-refractivity contribution is -0.118. The van der Waals surface area contributed by atoms with Crippen molar-refractivity contribution in [2.45, 2.75) is 11.8 Å². The number of aryl methyl sites for hydroxylation is 1. The highest BCUT2D eigenvalue weighted by Crippen LogP contribution is 2.25. The zero-order valence-electron chi connectivity index (χ0n) is 17.2. The lowest BCUT2D eigenvalue weighted by Gasteiger charge is -2.26. The number of ether oxygens (including phenoxy) is 2. The molecule has 162 valence electrons. The zero-order chi connectivity index (χ0) is 21.8. The number of carbonyl (C=O) groups is 1. The molecule has 31 heavy (non-hydrogen) atoms. The molecular formula is C23H24N2O5S. The fourth-order valence-corrected chi connectivity index (χ4v) is 5.04. The monoisotopic (exact) mass is 440 g/mol. The Labute approximate surface area is 181 Å². The molecule has 0 aromatic heterocycles. The predicted octanol–water partition coefficient (Wildman–Crippen LogP) is 3.19. The maximum absolute atomic E-state index is 12.8. The van der Waals surface area contributed by atoms with E-state index in [9.17, 15) is 13.2 Å². The van der Waals surface area contributed by atoms with Crippen LogP contribution in [0, 0.1) is 6.92 Å². The first-order chi connectivity index (χ1) is 14.9. The summed E-state index contributed by atoms with van der Waals surface area (Å²) in [5.41, 5.74) is 1.36. The molecule has 0 aliphatic carbocycles. The van der Waals surface area contributed by atoms with Crippen LogP contribution in [0.15, 0.2) is 65.6 Å². The largest absolute Gasteiger partial charge is 0.483 e. The van der Waals surface area contributed by atoms with E-state index in [0.717, 1.165) is 16.5 Å². The van der Waals surface area contributed by atoms with Gasteiger partial charge in [-0.15, -0.1) is 0 Å². The number of anilines is 1. The number of morpholine rings is 1. The van der Waals surface area contributed by atoms with E-state index in [1.165, 1.54) is 10.4 Å². The first-order valence-electron chi connectivity index (χ1n) is 10.0. The minimum Gasteiger partial charge on any atom is -0.483 e. The van der Waals surface area contributed by atoms with Gasteiger partial charge in [0, 0.05) is 24.2 Å². The van der Waals surface area contributed by atoms with Gasteiger partial charge in [0.1, 0.15) is 5.75 Å². The molecule has 1 amide bonds. The van der Waals surface area contributed by atoms with Gasteiger partial charge in [0.05, 0.1) is 18.1 Å². The van der Waals surface area contributed by atoms with Crippen molar-refractivity contribution in [3.63, 3.8) is 0 Å². The second kappa shape index (κ2) is 9.05. The molecule has 4 rings (SSSR count). The van der Waals surface area contributed by atoms with Crippen LogP contribution in [0.5, 0.6) is 5.75 Å². The normalized spacial score (nSPS) is 15.0. The third-order valence-corrected chi connectivity index (χ3v) is 7.07. The number of amides is 1. The van der Waals surface area contributed by atoms with Gasteiger partial charge in [-0.3, -0.25) is 4.79 Å². The molecule has 3 aromatic carbocycles. The van der Waals surface area contributed by atoms with Gasteiger partial charge in [-0.25, -0.2) is 8.42 Å². The van der Waals surface area contributed by atoms with E-state index in [0.29, 0.717) is 37.6 Å². The first kappa shape index (κ1) is 21.3. The van der Waals surface area contributed by atoms with E-state index in [1.54, 1.807) is 19.1 Å². The molecule has 1 N–H and O–H groups in total. The molecule has 3 aromatic rings. The van der Waals surface area contributed by atoms with Crippen molar-refractivity contribution in [3.8, 4) is 5.75 Å². The summed E-state index contributed by atoms with van der Waals surface area (Å²) in [5, 5.41) is 4.86. The molecule has 0 saturated carbocycles. The molecule has 1 aliphatic heterocycles. The lowest BCUT2D eigenvalue weighted by atomic mass is 10.1. The molecule has 0 spiro atoms. The quantitative estimate of drug-likeness (QED) is 0.636. The Balaban J connectivity index is 1.42. The van der Waals surface area contributed by atoms with Crippen LogP contribution in [-0.2, 0) is 19.6 Å². The highest BCUT2D eigenvalue weighted by Gasteiger charge is 2.26. The summed E-state index contributed by atoms with van der Waals surface area (Å²) in [6, 6.07) is 18.2. The Morgan fingerprint density at radius 2 is 1.81 bits per heavy atom. The van der Waals surface area contributed by atoms with Crippen molar-refractivity contribution in [1.29, 1.82) is 0 Å². The number of fused-ring (bicyclic) bond motifs is 1. The summed E-state index contributed by atoms with van der Waals surface area (Å²) in [6.07, 6.45) is 0. The van der Waals surface area contributed by atoms with Crippen LogP contribution in [0.1, 0.15) is 5.56 Å². The summed E-state index contributed by atoms with van der Waals surface area (Å²) < 4.78 is 37.9. The number of nitrogens with zero attached hydrogens (tertiary/aromatic N) is 1. The van der Waals surface area contributed by atoms with Gasteiger partial charge in [-0.05, 0) is 42.1 Å². The van der Waals surface area contributed by atoms with E-state index in [-0.39, 0.29) is 17.4 Å². The molecule has 1 aliphatic rings. The number of rotatable bonds is 6. The van der Waals surface area contributed by atoms with Gasteiger partial charge < -0.3 is 14.8 Å². The summed E-state index contributed by atoms with van der Waals surface area (Å²) in [4.78, 5) is 12.6. The topological polar surface area (TPSA) is 84.9 Å². The van der Waals surface area contributed by atoms with Gasteiger partial charge >= 0.3 is 0 Å². The predicted molar refractivity (Wildman–Crippen MR) is 119 cm³/mol. The molecule has 1 heterocycles. The average Bonchev–Trinajstić information content (AvgIpc) is 2.79. The van der Waals surface area contributed by atoms with Crippen molar-refractivity contribution >= 4 is 32.4 Å². The van der Waals surface area contributed by atoms with Crippen LogP contribution in [0.4, 0.5) is 5.69 Å². The van der Waals surface area contributed by atoms with Crippen LogP contribution in [0.25, 0.3) is 10.8 Å². The summed E-state index contributed by atoms with van der Waals surface area (Å²) >= 11 is 0. The number of benzene rings is 3. The maximum Gasteiger partial charge on any atom is 0.262 e. The van der Waals surface area contributed by atoms with Crippen LogP contribution in [-0.4, -0.2) is 51.5 Å². The molecular weight excluding hydrogens is 416 g/mol. The smallest absolute Gasteiger partial charge is 0.262 e. The van der Waals surface area contributed by atoms with Crippen LogP contribution in [0.3, 0.4) is 0 Å². The van der Waals surface area contributed by atoms with Crippen LogP contribution < -0.4 is 10.1 Å². The van der Waals surface area contributed by atoms with Gasteiger partial charge in [-0.1, -0.05) is 36.4 Å². The Bertz CT molecular complexity index is 1200. The van der Waals surface area contributed by atoms with Crippen molar-refractivity contribution in [2.75, 3.05) is 38.2 Å². The number of nitrogens with one attached hydrogen (secondary N) is 1. The van der Waals surface area contributed by atoms with Crippen molar-refractivity contribution in [1.82, 2.24) is 4.31 Å². The average molecular weight is 441 g/mol. The summed E-state index contributed by atoms with van der Waals surface area (Å²) in [6.45, 7) is 3.05. The SMILES string of the molecule is Cc1cc(S(=O)(=O)N2CCOCC2)ccc1OCC(=O)Nc1cccc2ccccc12. The fraction of sp³-hybridized carbons (Fsp3) is 0.261. The number of sulfonamides is 1. The second-order valence-electron chi connectivity index (χ2n) is 7.31. The fourth-order valence-electron chi connectivity index (χ4n) is 3.54. The maximum atomic E-state index is 12.8. The summed E-state index contributed by atoms with van der Waals surface area (Å²) in [7, 11) is -3.58. The van der Waals surface area contributed by atoms with Crippen LogP contribution >= 0.6 is 0 Å². The third-order valence-electron chi connectivity index (χ3n) is 5.18. The number of carbonyl (C=O) groups excluding carboxylic acids is 1. The van der Waals surface area contributed by atoms with E-state index < -0.39 is 10.0 Å². The highest BCUT2D eigenvalue weighted by atomic mass is 32.2. The van der Waals surface area contributed by atoms with Crippen LogP contribution in [0.2, 0.25) is 0 Å². The third kappa shape index (κ3) is 4.71. The van der Waals surface area contributed by atoms with Gasteiger partial charge in [-0.2, -0.15) is 4.31 Å². The van der Waals surface area contributed by atoms with Gasteiger partial charge in [0.25, 0.3) is 5.91 Å². The molecule has 0 unspecified atom stereocenters. The number of hydrogen-bond donors (Lipinski definition) is 1. The Hall–Kier alpha value is -2.94. The molecule has 0 bridgehead atoms. The van der Waals surface area contributed by atoms with E-state index in [1.807, 2.05) is 42.5 Å². The second-order valence-corrected chi connectivity index (χ2v) is 9.25. The van der Waals surface area contributed by atoms with Gasteiger partial charge in [0.2, 0.25) is 10.0 Å². The molecule has 1 fully saturated rings. The minimum atomic E-state index is -3.58. The number of hydrogen-bond acceptors (Lipinski definition) is 5. The Morgan fingerprint density at radius 1 is 1.06 bits per heavy atom. The molecule has 7 nitrogen and oxygen atoms in total. The highest BCUT2D eigenvalue weighted by molar-refractivity contribution is 7.89. The zero-order valence-corrected chi connectivity index (χ0v) is 18.0. The van der Waals surface area contributed by atoms with E-state index in [2.05, 4.69) is 5.32 Å². The van der Waals surface area contributed by atoms with E-state index >= 15 is 0 Å². The standard InChI is InChI=1S/C23H24N2O5S/c1-17-15-19(31(27,28)25-11-13-29-14-12-25)9-10-22(17)30-16-23(26)24-21-8-4-6-18-5-2-3-7-20(18)21/h2-10,15H,11-14,16H2,1H3,(H,24,26). The molecule has 8 heteroatoms. The van der Waals surface area contributed by atoms with Crippen molar-refractivity contribution in [3.05, 3.63) is 66.2 Å². The Morgan fingerprint density at radius 3 is 2.58 bits per heavy atom. The lowest BCUT2D eigenvalue weighted by Crippen LogP contribution is -2.40. The molecule has 0 radical (unpaired) electrons.